The molecule has 2 rings (SSSR count). The Bertz CT molecular complexity index is 1020. The molecule has 1 amide bonds. The van der Waals surface area contributed by atoms with Crippen molar-refractivity contribution in [2.75, 3.05) is 25.6 Å². The number of ether oxygens (including phenoxy) is 3. The summed E-state index contributed by atoms with van der Waals surface area (Å²) in [6.45, 7) is 1.85. The molecule has 30 heavy (non-hydrogen) atoms. The van der Waals surface area contributed by atoms with E-state index in [0.717, 1.165) is 0 Å². The fourth-order valence-corrected chi connectivity index (χ4v) is 2.93. The number of nitrogens with one attached hydrogen (secondary N) is 1. The average Bonchev–Trinajstić information content (AvgIpc) is 2.72. The minimum atomic E-state index is -0.587. The topological polar surface area (TPSA) is 97.6 Å². The van der Waals surface area contributed by atoms with Crippen molar-refractivity contribution in [2.45, 2.75) is 6.92 Å². The van der Waals surface area contributed by atoms with Crippen LogP contribution in [-0.4, -0.2) is 32.2 Å². The van der Waals surface area contributed by atoms with Gasteiger partial charge in [-0.15, -0.1) is 0 Å². The van der Waals surface area contributed by atoms with Gasteiger partial charge in [0, 0.05) is 15.2 Å². The summed E-state index contributed by atoms with van der Waals surface area (Å²) in [4.78, 5) is 23.8. The van der Waals surface area contributed by atoms with Crippen LogP contribution < -0.4 is 14.8 Å². The van der Waals surface area contributed by atoms with Gasteiger partial charge < -0.3 is 19.5 Å². The molecule has 0 saturated heterocycles. The zero-order valence-corrected chi connectivity index (χ0v) is 18.5. The lowest BCUT2D eigenvalue weighted by Gasteiger charge is -2.13. The van der Waals surface area contributed by atoms with Gasteiger partial charge in [0.2, 0.25) is 0 Å². The first-order valence-electron chi connectivity index (χ1n) is 8.72. The van der Waals surface area contributed by atoms with Gasteiger partial charge in [0.15, 0.2) is 18.1 Å². The van der Waals surface area contributed by atoms with E-state index in [1.54, 1.807) is 43.3 Å². The number of nitrogens with zero attached hydrogens (tertiary/aromatic N) is 1. The first-order valence-corrected chi connectivity index (χ1v) is 9.89. The standard InChI is InChI=1S/C21H18BrClN2O5/c1-3-29-18-8-13(17(22)10-19(18)30-12-20(26)28-2)7-14(11-24)21(27)25-16-6-4-5-15(23)9-16/h4-10H,3,12H2,1-2H3,(H,25,27)/b14-7+. The van der Waals surface area contributed by atoms with Crippen LogP contribution in [-0.2, 0) is 14.3 Å². The molecule has 0 radical (unpaired) electrons. The molecule has 1 N–H and O–H groups in total. The van der Waals surface area contributed by atoms with Gasteiger partial charge in [-0.3, -0.25) is 4.79 Å². The molecule has 9 heteroatoms. The normalized spacial score (nSPS) is 10.7. The number of halogens is 2. The molecule has 0 saturated carbocycles. The maximum atomic E-state index is 12.5. The van der Waals surface area contributed by atoms with Crippen molar-refractivity contribution >= 4 is 51.2 Å². The molecule has 0 spiro atoms. The molecule has 0 aliphatic rings. The van der Waals surface area contributed by atoms with Gasteiger partial charge in [-0.05, 0) is 48.9 Å². The molecule has 0 bridgehead atoms. The Hall–Kier alpha value is -3.02. The molecule has 0 unspecified atom stereocenters. The summed E-state index contributed by atoms with van der Waals surface area (Å²) in [5.41, 5.74) is 0.859. The van der Waals surface area contributed by atoms with Crippen LogP contribution in [0.3, 0.4) is 0 Å². The van der Waals surface area contributed by atoms with E-state index in [9.17, 15) is 14.9 Å². The number of amides is 1. The SMILES string of the molecule is CCOc1cc(/C=C(\C#N)C(=O)Nc2cccc(Cl)c2)c(Br)cc1OCC(=O)OC. The number of esters is 1. The first kappa shape index (κ1) is 23.3. The number of methoxy groups -OCH3 is 1. The van der Waals surface area contributed by atoms with Crippen molar-refractivity contribution < 1.29 is 23.8 Å². The van der Waals surface area contributed by atoms with E-state index in [1.807, 2.05) is 6.07 Å². The molecule has 0 atom stereocenters. The minimum absolute atomic E-state index is 0.124. The number of benzene rings is 2. The third-order valence-corrected chi connectivity index (χ3v) is 4.61. The van der Waals surface area contributed by atoms with E-state index in [1.165, 1.54) is 13.2 Å². The second-order valence-electron chi connectivity index (χ2n) is 5.75. The van der Waals surface area contributed by atoms with Crippen molar-refractivity contribution in [1.29, 1.82) is 5.26 Å². The van der Waals surface area contributed by atoms with Crippen LogP contribution >= 0.6 is 27.5 Å². The fraction of sp³-hybridized carbons (Fsp3) is 0.190. The number of hydrogen-bond donors (Lipinski definition) is 1. The third kappa shape index (κ3) is 6.51. The Morgan fingerprint density at radius 1 is 1.23 bits per heavy atom. The molecule has 0 heterocycles. The molecule has 7 nitrogen and oxygen atoms in total. The van der Waals surface area contributed by atoms with Crippen molar-refractivity contribution in [3.63, 3.8) is 0 Å². The zero-order chi connectivity index (χ0) is 22.1. The molecular weight excluding hydrogens is 476 g/mol. The number of carbonyl (C=O) groups is 2. The van der Waals surface area contributed by atoms with Gasteiger partial charge >= 0.3 is 5.97 Å². The highest BCUT2D eigenvalue weighted by molar-refractivity contribution is 9.10. The van der Waals surface area contributed by atoms with Crippen LogP contribution in [0.15, 0.2) is 46.4 Å². The highest BCUT2D eigenvalue weighted by atomic mass is 79.9. The lowest BCUT2D eigenvalue weighted by molar-refractivity contribution is -0.142. The Balaban J connectivity index is 2.32. The van der Waals surface area contributed by atoms with Crippen LogP contribution in [0.5, 0.6) is 11.5 Å². The molecule has 0 aliphatic heterocycles. The monoisotopic (exact) mass is 492 g/mol. The van der Waals surface area contributed by atoms with Crippen molar-refractivity contribution in [3.05, 3.63) is 57.0 Å². The van der Waals surface area contributed by atoms with Gasteiger partial charge in [-0.25, -0.2) is 4.79 Å². The number of carbonyl (C=O) groups excluding carboxylic acids is 2. The molecule has 0 aliphatic carbocycles. The highest BCUT2D eigenvalue weighted by Crippen LogP contribution is 2.35. The third-order valence-electron chi connectivity index (χ3n) is 3.68. The van der Waals surface area contributed by atoms with Gasteiger partial charge in [-0.1, -0.05) is 33.6 Å². The summed E-state index contributed by atoms with van der Waals surface area (Å²) in [7, 11) is 1.26. The van der Waals surface area contributed by atoms with Gasteiger partial charge in [0.25, 0.3) is 5.91 Å². The predicted molar refractivity (Wildman–Crippen MR) is 116 cm³/mol. The molecule has 2 aromatic carbocycles. The van der Waals surface area contributed by atoms with Gasteiger partial charge in [0.1, 0.15) is 11.6 Å². The van der Waals surface area contributed by atoms with E-state index in [2.05, 4.69) is 26.0 Å². The zero-order valence-electron chi connectivity index (χ0n) is 16.2. The predicted octanol–water partition coefficient (Wildman–Crippen LogP) is 4.60. The summed E-state index contributed by atoms with van der Waals surface area (Å²) in [5.74, 6) is -0.464. The Morgan fingerprint density at radius 3 is 2.60 bits per heavy atom. The minimum Gasteiger partial charge on any atom is -0.490 e. The summed E-state index contributed by atoms with van der Waals surface area (Å²) in [6.07, 6.45) is 1.41. The van der Waals surface area contributed by atoms with E-state index in [-0.39, 0.29) is 12.2 Å². The van der Waals surface area contributed by atoms with Gasteiger partial charge in [0.05, 0.1) is 13.7 Å². The molecule has 156 valence electrons. The molecule has 2 aromatic rings. The number of rotatable bonds is 8. The number of hydrogen-bond acceptors (Lipinski definition) is 6. The smallest absolute Gasteiger partial charge is 0.343 e. The lowest BCUT2D eigenvalue weighted by atomic mass is 10.1. The highest BCUT2D eigenvalue weighted by Gasteiger charge is 2.15. The van der Waals surface area contributed by atoms with Crippen LogP contribution in [0.25, 0.3) is 6.08 Å². The molecule has 0 fully saturated rings. The Morgan fingerprint density at radius 2 is 1.97 bits per heavy atom. The average molecular weight is 494 g/mol. The maximum Gasteiger partial charge on any atom is 0.343 e. The maximum absolute atomic E-state index is 12.5. The number of anilines is 1. The van der Waals surface area contributed by atoms with Crippen LogP contribution in [0.4, 0.5) is 5.69 Å². The second kappa shape index (κ2) is 11.2. The van der Waals surface area contributed by atoms with Crippen molar-refractivity contribution in [2.24, 2.45) is 0 Å². The van der Waals surface area contributed by atoms with E-state index >= 15 is 0 Å². The van der Waals surface area contributed by atoms with Crippen LogP contribution in [0, 0.1) is 11.3 Å². The Labute approximate surface area is 187 Å². The van der Waals surface area contributed by atoms with Gasteiger partial charge in [-0.2, -0.15) is 5.26 Å². The van der Waals surface area contributed by atoms with Crippen molar-refractivity contribution in [3.8, 4) is 17.6 Å². The summed E-state index contributed by atoms with van der Waals surface area (Å²) in [5, 5.41) is 12.5. The van der Waals surface area contributed by atoms with Crippen LogP contribution in [0.2, 0.25) is 5.02 Å². The lowest BCUT2D eigenvalue weighted by Crippen LogP contribution is -2.14. The quantitative estimate of drug-likeness (QED) is 0.328. The largest absolute Gasteiger partial charge is 0.490 e. The summed E-state index contributed by atoms with van der Waals surface area (Å²) >= 11 is 9.30. The van der Waals surface area contributed by atoms with E-state index in [4.69, 9.17) is 21.1 Å². The Kier molecular flexibility index (Phi) is 8.71. The summed E-state index contributed by atoms with van der Waals surface area (Å²) in [6, 6.07) is 11.7. The molecular formula is C21H18BrClN2O5. The van der Waals surface area contributed by atoms with E-state index < -0.39 is 11.9 Å². The fourth-order valence-electron chi connectivity index (χ4n) is 2.31. The van der Waals surface area contributed by atoms with E-state index in [0.29, 0.717) is 38.9 Å². The second-order valence-corrected chi connectivity index (χ2v) is 7.04. The van der Waals surface area contributed by atoms with Crippen molar-refractivity contribution in [1.82, 2.24) is 0 Å². The number of nitriles is 1. The summed E-state index contributed by atoms with van der Waals surface area (Å²) < 4.78 is 16.1. The first-order chi connectivity index (χ1) is 14.4. The molecule has 0 aromatic heterocycles. The van der Waals surface area contributed by atoms with Crippen LogP contribution in [0.1, 0.15) is 12.5 Å².